The number of nitrogens with zero attached hydrogens (tertiary/aromatic N) is 2. The van der Waals surface area contributed by atoms with Crippen LogP contribution in [-0.4, -0.2) is 35.1 Å². The zero-order valence-corrected chi connectivity index (χ0v) is 9.77. The van der Waals surface area contributed by atoms with Gasteiger partial charge in [-0.05, 0) is 18.6 Å². The van der Waals surface area contributed by atoms with Crippen molar-refractivity contribution in [1.82, 2.24) is 4.98 Å². The molecule has 2 rings (SSSR count). The fourth-order valence-electron chi connectivity index (χ4n) is 2.09. The van der Waals surface area contributed by atoms with Crippen molar-refractivity contribution in [3.8, 4) is 0 Å². The van der Waals surface area contributed by atoms with Crippen LogP contribution in [0.15, 0.2) is 18.3 Å². The van der Waals surface area contributed by atoms with Crippen molar-refractivity contribution in [3.05, 3.63) is 23.9 Å². The third-order valence-corrected chi connectivity index (χ3v) is 3.03. The number of carboxylic acids is 1. The second kappa shape index (κ2) is 4.88. The maximum atomic E-state index is 13.2. The fourth-order valence-corrected chi connectivity index (χ4v) is 2.09. The SMILES string of the molecule is O=C(O)c1cccnc1N1CCCC(F)(F)CC1. The van der Waals surface area contributed by atoms with Crippen LogP contribution in [0.2, 0.25) is 0 Å². The standard InChI is InChI=1S/C12H14F2N2O2/c13-12(14)4-2-7-16(8-5-12)10-9(11(17)18)3-1-6-15-10/h1,3,6H,2,4-5,7-8H2,(H,17,18). The number of halogens is 2. The van der Waals surface area contributed by atoms with Crippen LogP contribution in [0.3, 0.4) is 0 Å². The van der Waals surface area contributed by atoms with E-state index in [9.17, 15) is 13.6 Å². The first-order valence-corrected chi connectivity index (χ1v) is 5.81. The van der Waals surface area contributed by atoms with Gasteiger partial charge in [-0.3, -0.25) is 0 Å². The van der Waals surface area contributed by atoms with Gasteiger partial charge in [0.05, 0.1) is 0 Å². The summed E-state index contributed by atoms with van der Waals surface area (Å²) in [5.41, 5.74) is 0.0581. The lowest BCUT2D eigenvalue weighted by Gasteiger charge is -2.22. The van der Waals surface area contributed by atoms with Crippen LogP contribution >= 0.6 is 0 Å². The molecule has 0 amide bonds. The third-order valence-electron chi connectivity index (χ3n) is 3.03. The molecule has 0 saturated carbocycles. The molecule has 0 atom stereocenters. The highest BCUT2D eigenvalue weighted by Gasteiger charge is 2.32. The molecular weight excluding hydrogens is 242 g/mol. The van der Waals surface area contributed by atoms with Crippen molar-refractivity contribution >= 4 is 11.8 Å². The van der Waals surface area contributed by atoms with Crippen molar-refractivity contribution in [1.29, 1.82) is 0 Å². The number of hydrogen-bond acceptors (Lipinski definition) is 3. The monoisotopic (exact) mass is 256 g/mol. The van der Waals surface area contributed by atoms with E-state index in [0.717, 1.165) is 0 Å². The predicted octanol–water partition coefficient (Wildman–Crippen LogP) is 2.41. The topological polar surface area (TPSA) is 53.4 Å². The predicted molar refractivity (Wildman–Crippen MR) is 62.2 cm³/mol. The Balaban J connectivity index is 2.24. The van der Waals surface area contributed by atoms with Crippen LogP contribution in [0.1, 0.15) is 29.6 Å². The van der Waals surface area contributed by atoms with Gasteiger partial charge in [0.15, 0.2) is 0 Å². The highest BCUT2D eigenvalue weighted by molar-refractivity contribution is 5.93. The minimum Gasteiger partial charge on any atom is -0.478 e. The Labute approximate surface area is 103 Å². The molecule has 0 aromatic carbocycles. The number of hydrogen-bond donors (Lipinski definition) is 1. The van der Waals surface area contributed by atoms with Crippen LogP contribution in [0, 0.1) is 0 Å². The highest BCUT2D eigenvalue weighted by Crippen LogP contribution is 2.30. The van der Waals surface area contributed by atoms with Gasteiger partial charge < -0.3 is 10.0 Å². The molecule has 98 valence electrons. The summed E-state index contributed by atoms with van der Waals surface area (Å²) in [6.45, 7) is 0.539. The second-order valence-electron chi connectivity index (χ2n) is 4.38. The summed E-state index contributed by atoms with van der Waals surface area (Å²) >= 11 is 0. The normalized spacial score (nSPS) is 19.3. The number of carbonyl (C=O) groups is 1. The highest BCUT2D eigenvalue weighted by atomic mass is 19.3. The molecule has 1 fully saturated rings. The van der Waals surface area contributed by atoms with Crippen LogP contribution < -0.4 is 4.90 Å². The molecule has 1 aromatic heterocycles. The molecule has 1 aliphatic rings. The zero-order valence-electron chi connectivity index (χ0n) is 9.77. The first kappa shape index (κ1) is 12.7. The lowest BCUT2D eigenvalue weighted by Crippen LogP contribution is -2.28. The van der Waals surface area contributed by atoms with Crippen molar-refractivity contribution < 1.29 is 18.7 Å². The van der Waals surface area contributed by atoms with E-state index in [0.29, 0.717) is 13.0 Å². The number of pyridine rings is 1. The lowest BCUT2D eigenvalue weighted by molar-refractivity contribution is -0.0102. The Morgan fingerprint density at radius 1 is 1.39 bits per heavy atom. The average molecular weight is 256 g/mol. The van der Waals surface area contributed by atoms with E-state index >= 15 is 0 Å². The summed E-state index contributed by atoms with van der Waals surface area (Å²) < 4.78 is 26.5. The molecule has 0 spiro atoms. The van der Waals surface area contributed by atoms with E-state index in [1.54, 1.807) is 4.90 Å². The summed E-state index contributed by atoms with van der Waals surface area (Å²) in [5, 5.41) is 9.05. The molecule has 0 unspecified atom stereocenters. The molecular formula is C12H14F2N2O2. The molecule has 18 heavy (non-hydrogen) atoms. The van der Waals surface area contributed by atoms with E-state index in [-0.39, 0.29) is 30.8 Å². The van der Waals surface area contributed by atoms with Crippen molar-refractivity contribution in [3.63, 3.8) is 0 Å². The van der Waals surface area contributed by atoms with Gasteiger partial charge in [0.2, 0.25) is 5.92 Å². The number of alkyl halides is 2. The largest absolute Gasteiger partial charge is 0.478 e. The molecule has 0 bridgehead atoms. The van der Waals surface area contributed by atoms with Gasteiger partial charge in [-0.2, -0.15) is 0 Å². The number of carboxylic acid groups (broad SMARTS) is 1. The van der Waals surface area contributed by atoms with Crippen molar-refractivity contribution in [2.45, 2.75) is 25.2 Å². The minimum atomic E-state index is -2.66. The van der Waals surface area contributed by atoms with Crippen molar-refractivity contribution in [2.75, 3.05) is 18.0 Å². The Morgan fingerprint density at radius 3 is 2.89 bits per heavy atom. The zero-order chi connectivity index (χ0) is 13.2. The molecule has 0 radical (unpaired) electrons. The maximum absolute atomic E-state index is 13.2. The van der Waals surface area contributed by atoms with Crippen LogP contribution in [0.25, 0.3) is 0 Å². The maximum Gasteiger partial charge on any atom is 0.339 e. The number of anilines is 1. The Morgan fingerprint density at radius 2 is 2.17 bits per heavy atom. The fraction of sp³-hybridized carbons (Fsp3) is 0.500. The van der Waals surface area contributed by atoms with Crippen LogP contribution in [0.4, 0.5) is 14.6 Å². The van der Waals surface area contributed by atoms with E-state index < -0.39 is 11.9 Å². The Kier molecular flexibility index (Phi) is 3.45. The van der Waals surface area contributed by atoms with E-state index in [1.165, 1.54) is 18.3 Å². The molecule has 1 aliphatic heterocycles. The summed E-state index contributed by atoms with van der Waals surface area (Å²) in [5.74, 6) is -3.47. The third kappa shape index (κ3) is 2.75. The van der Waals surface area contributed by atoms with E-state index in [1.807, 2.05) is 0 Å². The molecule has 1 N–H and O–H groups in total. The van der Waals surface area contributed by atoms with Gasteiger partial charge in [0.25, 0.3) is 0 Å². The second-order valence-corrected chi connectivity index (χ2v) is 4.38. The van der Waals surface area contributed by atoms with Crippen molar-refractivity contribution in [2.24, 2.45) is 0 Å². The molecule has 6 heteroatoms. The molecule has 4 nitrogen and oxygen atoms in total. The molecule has 1 saturated heterocycles. The smallest absolute Gasteiger partial charge is 0.339 e. The minimum absolute atomic E-state index is 0.0581. The van der Waals surface area contributed by atoms with Gasteiger partial charge in [0, 0.05) is 32.1 Å². The van der Waals surface area contributed by atoms with Gasteiger partial charge in [0.1, 0.15) is 11.4 Å². The molecule has 1 aromatic rings. The lowest BCUT2D eigenvalue weighted by atomic mass is 10.1. The first-order chi connectivity index (χ1) is 8.49. The van der Waals surface area contributed by atoms with Gasteiger partial charge in [-0.25, -0.2) is 18.6 Å². The summed E-state index contributed by atoms with van der Waals surface area (Å²) in [6.07, 6.45) is 1.40. The summed E-state index contributed by atoms with van der Waals surface area (Å²) in [4.78, 5) is 16.7. The number of rotatable bonds is 2. The molecule has 0 aliphatic carbocycles. The van der Waals surface area contributed by atoms with E-state index in [4.69, 9.17) is 5.11 Å². The Bertz CT molecular complexity index is 451. The first-order valence-electron chi connectivity index (χ1n) is 5.81. The quantitative estimate of drug-likeness (QED) is 0.882. The summed E-state index contributed by atoms with van der Waals surface area (Å²) in [6, 6.07) is 2.97. The van der Waals surface area contributed by atoms with Crippen LogP contribution in [0.5, 0.6) is 0 Å². The van der Waals surface area contributed by atoms with Gasteiger partial charge in [-0.1, -0.05) is 0 Å². The van der Waals surface area contributed by atoms with Gasteiger partial charge >= 0.3 is 5.97 Å². The summed E-state index contributed by atoms with van der Waals surface area (Å²) in [7, 11) is 0. The number of aromatic carboxylic acids is 1. The average Bonchev–Trinajstić information content (AvgIpc) is 2.50. The van der Waals surface area contributed by atoms with E-state index in [2.05, 4.69) is 4.98 Å². The number of aromatic nitrogens is 1. The van der Waals surface area contributed by atoms with Crippen LogP contribution in [-0.2, 0) is 0 Å². The molecule has 2 heterocycles. The van der Waals surface area contributed by atoms with Gasteiger partial charge in [-0.15, -0.1) is 0 Å². The Hall–Kier alpha value is -1.72.